The maximum Gasteiger partial charge on any atom is 0.379 e. The molecule has 1 N–H and O–H groups in total. The first-order valence-electron chi connectivity index (χ1n) is 8.02. The molecule has 0 atom stereocenters. The number of rotatable bonds is 5. The lowest BCUT2D eigenvalue weighted by Gasteiger charge is -2.13. The summed E-state index contributed by atoms with van der Waals surface area (Å²) in [6, 6.07) is 14.0. The first kappa shape index (κ1) is 19.4. The van der Waals surface area contributed by atoms with E-state index in [2.05, 4.69) is 37.2 Å². The minimum Gasteiger partial charge on any atom is -0.457 e. The second kappa shape index (κ2) is 8.54. The van der Waals surface area contributed by atoms with E-state index >= 15 is 0 Å². The van der Waals surface area contributed by atoms with Gasteiger partial charge in [0.25, 0.3) is 5.91 Å². The van der Waals surface area contributed by atoms with Gasteiger partial charge >= 0.3 is 5.97 Å². The number of carbonyl (C=O) groups excluding carboxylic acids is 2. The van der Waals surface area contributed by atoms with Crippen LogP contribution >= 0.6 is 31.9 Å². The van der Waals surface area contributed by atoms with Gasteiger partial charge in [-0.1, -0.05) is 33.6 Å². The molecule has 0 aliphatic rings. The number of aryl methyl sites for hydroxylation is 1. The van der Waals surface area contributed by atoms with Gasteiger partial charge in [0.1, 0.15) is 0 Å². The Bertz CT molecular complexity index is 966. The van der Waals surface area contributed by atoms with Gasteiger partial charge in [-0.3, -0.25) is 4.79 Å². The molecular weight excluding hydrogens is 478 g/mol. The summed E-state index contributed by atoms with van der Waals surface area (Å²) in [5.41, 5.74) is 2.27. The SMILES string of the molecule is Cc1ccc(C(=O)NCc2cc(Br)cc(Br)c2OC(=O)c2ccco2)cc1. The van der Waals surface area contributed by atoms with Crippen LogP contribution in [0.5, 0.6) is 5.75 Å². The molecule has 0 radical (unpaired) electrons. The fraction of sp³-hybridized carbons (Fsp3) is 0.100. The van der Waals surface area contributed by atoms with Gasteiger partial charge in [-0.2, -0.15) is 0 Å². The van der Waals surface area contributed by atoms with E-state index in [0.29, 0.717) is 21.3 Å². The zero-order valence-electron chi connectivity index (χ0n) is 14.3. The number of esters is 1. The highest BCUT2D eigenvalue weighted by Crippen LogP contribution is 2.33. The lowest BCUT2D eigenvalue weighted by atomic mass is 10.1. The van der Waals surface area contributed by atoms with E-state index in [1.54, 1.807) is 30.3 Å². The molecule has 0 unspecified atom stereocenters. The highest BCUT2D eigenvalue weighted by atomic mass is 79.9. The smallest absolute Gasteiger partial charge is 0.379 e. The molecule has 1 amide bonds. The number of ether oxygens (including phenoxy) is 1. The summed E-state index contributed by atoms with van der Waals surface area (Å²) in [6.45, 7) is 2.14. The highest BCUT2D eigenvalue weighted by molar-refractivity contribution is 9.11. The van der Waals surface area contributed by atoms with E-state index in [1.807, 2.05) is 19.1 Å². The Morgan fingerprint density at radius 1 is 1.11 bits per heavy atom. The zero-order valence-corrected chi connectivity index (χ0v) is 17.5. The number of halogens is 2. The van der Waals surface area contributed by atoms with Crippen LogP contribution in [0.15, 0.2) is 68.2 Å². The molecule has 0 bridgehead atoms. The minimum atomic E-state index is -0.617. The molecule has 3 rings (SSSR count). The molecule has 27 heavy (non-hydrogen) atoms. The molecule has 2 aromatic carbocycles. The molecule has 138 valence electrons. The molecule has 0 aliphatic heterocycles. The molecule has 0 saturated heterocycles. The van der Waals surface area contributed by atoms with Crippen molar-refractivity contribution in [1.82, 2.24) is 5.32 Å². The number of hydrogen-bond acceptors (Lipinski definition) is 4. The molecule has 0 saturated carbocycles. The molecule has 1 aromatic heterocycles. The fourth-order valence-corrected chi connectivity index (χ4v) is 3.77. The summed E-state index contributed by atoms with van der Waals surface area (Å²) in [4.78, 5) is 24.6. The van der Waals surface area contributed by atoms with Crippen molar-refractivity contribution in [3.8, 4) is 5.75 Å². The van der Waals surface area contributed by atoms with Gasteiger partial charge in [0, 0.05) is 22.1 Å². The summed E-state index contributed by atoms with van der Waals surface area (Å²) in [5, 5.41) is 2.84. The van der Waals surface area contributed by atoms with E-state index in [4.69, 9.17) is 9.15 Å². The van der Waals surface area contributed by atoms with E-state index in [-0.39, 0.29) is 18.2 Å². The van der Waals surface area contributed by atoms with Crippen LogP contribution in [0.3, 0.4) is 0 Å². The number of nitrogens with one attached hydrogen (secondary N) is 1. The zero-order chi connectivity index (χ0) is 19.4. The van der Waals surface area contributed by atoms with Gasteiger partial charge in [0.05, 0.1) is 10.7 Å². The number of hydrogen-bond donors (Lipinski definition) is 1. The molecular formula is C20H15Br2NO4. The second-order valence-electron chi connectivity index (χ2n) is 5.79. The Morgan fingerprint density at radius 2 is 1.85 bits per heavy atom. The van der Waals surface area contributed by atoms with Gasteiger partial charge in [-0.15, -0.1) is 0 Å². The number of carbonyl (C=O) groups is 2. The van der Waals surface area contributed by atoms with Crippen molar-refractivity contribution < 1.29 is 18.7 Å². The van der Waals surface area contributed by atoms with Gasteiger partial charge in [-0.25, -0.2) is 4.79 Å². The van der Waals surface area contributed by atoms with Crippen molar-refractivity contribution >= 4 is 43.7 Å². The van der Waals surface area contributed by atoms with Crippen LogP contribution in [0.4, 0.5) is 0 Å². The Kier molecular flexibility index (Phi) is 6.13. The average Bonchev–Trinajstić information content (AvgIpc) is 3.17. The maximum atomic E-state index is 12.4. The van der Waals surface area contributed by atoms with Crippen molar-refractivity contribution in [3.05, 3.63) is 86.2 Å². The first-order chi connectivity index (χ1) is 12.9. The van der Waals surface area contributed by atoms with Crippen LogP contribution in [0.1, 0.15) is 32.0 Å². The summed E-state index contributed by atoms with van der Waals surface area (Å²) in [7, 11) is 0. The summed E-state index contributed by atoms with van der Waals surface area (Å²) >= 11 is 6.81. The lowest BCUT2D eigenvalue weighted by Crippen LogP contribution is -2.23. The normalized spacial score (nSPS) is 10.5. The van der Waals surface area contributed by atoms with Crippen LogP contribution in [-0.4, -0.2) is 11.9 Å². The Labute approximate surface area is 173 Å². The second-order valence-corrected chi connectivity index (χ2v) is 7.56. The van der Waals surface area contributed by atoms with Crippen molar-refractivity contribution in [2.24, 2.45) is 0 Å². The van der Waals surface area contributed by atoms with Gasteiger partial charge in [-0.05, 0) is 59.3 Å². The van der Waals surface area contributed by atoms with Crippen LogP contribution in [-0.2, 0) is 6.54 Å². The van der Waals surface area contributed by atoms with Crippen molar-refractivity contribution in [1.29, 1.82) is 0 Å². The molecule has 0 aliphatic carbocycles. The van der Waals surface area contributed by atoms with Crippen molar-refractivity contribution in [3.63, 3.8) is 0 Å². The largest absolute Gasteiger partial charge is 0.457 e. The van der Waals surface area contributed by atoms with E-state index < -0.39 is 5.97 Å². The summed E-state index contributed by atoms with van der Waals surface area (Å²) in [5.74, 6) is -0.410. The van der Waals surface area contributed by atoms with Crippen LogP contribution < -0.4 is 10.1 Å². The van der Waals surface area contributed by atoms with E-state index in [1.165, 1.54) is 12.3 Å². The fourth-order valence-electron chi connectivity index (χ4n) is 2.38. The lowest BCUT2D eigenvalue weighted by molar-refractivity contribution is 0.0698. The number of furan rings is 1. The van der Waals surface area contributed by atoms with E-state index in [9.17, 15) is 9.59 Å². The first-order valence-corrected chi connectivity index (χ1v) is 9.61. The predicted molar refractivity (Wildman–Crippen MR) is 108 cm³/mol. The molecule has 0 spiro atoms. The molecule has 1 heterocycles. The summed E-state index contributed by atoms with van der Waals surface area (Å²) in [6.07, 6.45) is 1.40. The van der Waals surface area contributed by atoms with Gasteiger partial charge < -0.3 is 14.5 Å². The third-order valence-electron chi connectivity index (χ3n) is 3.76. The predicted octanol–water partition coefficient (Wildman–Crippen LogP) is 5.26. The summed E-state index contributed by atoms with van der Waals surface area (Å²) < 4.78 is 11.9. The maximum absolute atomic E-state index is 12.4. The third kappa shape index (κ3) is 4.87. The van der Waals surface area contributed by atoms with Gasteiger partial charge in [0.15, 0.2) is 5.75 Å². The van der Waals surface area contributed by atoms with Crippen LogP contribution in [0.25, 0.3) is 0 Å². The number of benzene rings is 2. The molecule has 3 aromatic rings. The highest BCUT2D eigenvalue weighted by Gasteiger charge is 2.18. The standard InChI is InChI=1S/C20H15Br2NO4/c1-12-4-6-13(7-5-12)19(24)23-11-14-9-15(21)10-16(22)18(14)27-20(25)17-3-2-8-26-17/h2-10H,11H2,1H3,(H,23,24). The minimum absolute atomic E-state index is 0.0967. The molecule has 0 fully saturated rings. The third-order valence-corrected chi connectivity index (χ3v) is 4.80. The van der Waals surface area contributed by atoms with Crippen molar-refractivity contribution in [2.45, 2.75) is 13.5 Å². The van der Waals surface area contributed by atoms with Crippen molar-refractivity contribution in [2.75, 3.05) is 0 Å². The number of amides is 1. The Hall–Kier alpha value is -2.38. The molecule has 7 heteroatoms. The Morgan fingerprint density at radius 3 is 2.52 bits per heavy atom. The van der Waals surface area contributed by atoms with Crippen LogP contribution in [0, 0.1) is 6.92 Å². The van der Waals surface area contributed by atoms with Gasteiger partial charge in [0.2, 0.25) is 5.76 Å². The molecule has 5 nitrogen and oxygen atoms in total. The quantitative estimate of drug-likeness (QED) is 0.389. The average molecular weight is 493 g/mol. The Balaban J connectivity index is 1.78. The monoisotopic (exact) mass is 491 g/mol. The van der Waals surface area contributed by atoms with E-state index in [0.717, 1.165) is 10.0 Å². The van der Waals surface area contributed by atoms with Crippen LogP contribution in [0.2, 0.25) is 0 Å². The topological polar surface area (TPSA) is 68.5 Å².